The molecule has 0 spiro atoms. The van der Waals surface area contributed by atoms with Gasteiger partial charge in [-0.2, -0.15) is 13.2 Å². The van der Waals surface area contributed by atoms with E-state index in [-0.39, 0.29) is 52.8 Å². The first kappa shape index (κ1) is 27.9. The molecule has 4 aliphatic rings. The van der Waals surface area contributed by atoms with Crippen LogP contribution in [0.2, 0.25) is 0 Å². The van der Waals surface area contributed by atoms with Gasteiger partial charge in [0.1, 0.15) is 17.9 Å². The van der Waals surface area contributed by atoms with Gasteiger partial charge in [-0.3, -0.25) is 4.79 Å². The van der Waals surface area contributed by atoms with Crippen LogP contribution in [0.15, 0.2) is 65.6 Å². The summed E-state index contributed by atoms with van der Waals surface area (Å²) in [6.07, 6.45) is 3.35. The van der Waals surface area contributed by atoms with Gasteiger partial charge in [0.05, 0.1) is 11.2 Å². The first-order valence-electron chi connectivity index (χ1n) is 13.7. The molecule has 0 saturated heterocycles. The molecule has 3 aromatic carbocycles. The zero-order valence-electron chi connectivity index (χ0n) is 22.1. The molecule has 0 aliphatic heterocycles. The maximum atomic E-state index is 13.9. The van der Waals surface area contributed by atoms with Crippen LogP contribution in [0.5, 0.6) is 5.75 Å². The topological polar surface area (TPSA) is 95.9 Å². The van der Waals surface area contributed by atoms with Crippen molar-refractivity contribution in [1.82, 2.24) is 5.32 Å². The highest BCUT2D eigenvalue weighted by molar-refractivity contribution is 8.00. The third-order valence-electron chi connectivity index (χ3n) is 8.94. The maximum Gasteiger partial charge on any atom is 0.446 e. The Hall–Kier alpha value is -3.24. The fourth-order valence-electron chi connectivity index (χ4n) is 7.50. The molecule has 7 rings (SSSR count). The summed E-state index contributed by atoms with van der Waals surface area (Å²) in [7, 11) is 0. The Morgan fingerprint density at radius 1 is 0.951 bits per heavy atom. The van der Waals surface area contributed by atoms with Crippen molar-refractivity contribution < 1.29 is 37.7 Å². The summed E-state index contributed by atoms with van der Waals surface area (Å²) in [6.45, 7) is -0.00522. The van der Waals surface area contributed by atoms with Crippen LogP contribution in [-0.4, -0.2) is 38.7 Å². The molecule has 4 saturated carbocycles. The lowest BCUT2D eigenvalue weighted by atomic mass is 9.64. The number of carbonyl (C=O) groups is 2. The Bertz CT molecular complexity index is 1500. The summed E-state index contributed by atoms with van der Waals surface area (Å²) in [5.41, 5.74) is -5.98. The van der Waals surface area contributed by atoms with E-state index < -0.39 is 34.4 Å². The predicted octanol–water partition coefficient (Wildman–Crippen LogP) is 6.55. The number of aliphatic carboxylic acids is 1. The molecule has 4 bridgehead atoms. The minimum atomic E-state index is -4.38. The predicted molar refractivity (Wildman–Crippen MR) is 148 cm³/mol. The van der Waals surface area contributed by atoms with Crippen molar-refractivity contribution in [1.29, 1.82) is 0 Å². The van der Waals surface area contributed by atoms with Crippen molar-refractivity contribution in [2.24, 2.45) is 17.8 Å². The second-order valence-corrected chi connectivity index (χ2v) is 13.0. The molecule has 216 valence electrons. The van der Waals surface area contributed by atoms with Crippen molar-refractivity contribution in [3.05, 3.63) is 71.8 Å². The van der Waals surface area contributed by atoms with Crippen LogP contribution in [0.4, 0.5) is 13.2 Å². The molecule has 5 atom stereocenters. The molecule has 0 heterocycles. The summed E-state index contributed by atoms with van der Waals surface area (Å²) in [5.74, 6) is -1.53. The largest absolute Gasteiger partial charge is 0.487 e. The van der Waals surface area contributed by atoms with Crippen LogP contribution < -0.4 is 10.1 Å². The van der Waals surface area contributed by atoms with Gasteiger partial charge in [-0.1, -0.05) is 42.5 Å². The molecule has 1 amide bonds. The summed E-state index contributed by atoms with van der Waals surface area (Å²) in [5, 5.41) is 26.1. The van der Waals surface area contributed by atoms with E-state index in [0.29, 0.717) is 36.6 Å². The van der Waals surface area contributed by atoms with Gasteiger partial charge in [0, 0.05) is 10.3 Å². The first-order valence-corrected chi connectivity index (χ1v) is 14.5. The molecule has 4 fully saturated rings. The highest BCUT2D eigenvalue weighted by Gasteiger charge is 2.60. The number of carboxylic acids is 1. The molecule has 4 aliphatic carbocycles. The average Bonchev–Trinajstić information content (AvgIpc) is 3.05. The first-order chi connectivity index (χ1) is 19.4. The number of alkyl halides is 3. The number of nitrogens with one attached hydrogen (secondary N) is 1. The van der Waals surface area contributed by atoms with E-state index in [1.807, 2.05) is 12.1 Å². The van der Waals surface area contributed by atoms with Crippen molar-refractivity contribution in [2.45, 2.75) is 66.7 Å². The second-order valence-electron chi connectivity index (χ2n) is 11.8. The zero-order valence-corrected chi connectivity index (χ0v) is 22.9. The number of hydrogen-bond donors (Lipinski definition) is 3. The average molecular weight is 586 g/mol. The molecular weight excluding hydrogens is 555 g/mol. The van der Waals surface area contributed by atoms with Crippen molar-refractivity contribution in [2.75, 3.05) is 0 Å². The monoisotopic (exact) mass is 585 g/mol. The Labute approximate surface area is 239 Å². The van der Waals surface area contributed by atoms with Gasteiger partial charge >= 0.3 is 11.5 Å². The fraction of sp³-hybridized carbons (Fsp3) is 0.419. The van der Waals surface area contributed by atoms with Gasteiger partial charge in [0.25, 0.3) is 5.91 Å². The van der Waals surface area contributed by atoms with Crippen molar-refractivity contribution in [3.63, 3.8) is 0 Å². The normalized spacial score (nSPS) is 28.8. The highest BCUT2D eigenvalue weighted by atomic mass is 32.2. The third kappa shape index (κ3) is 5.51. The summed E-state index contributed by atoms with van der Waals surface area (Å²) < 4.78 is 44.3. The Balaban J connectivity index is 1.30. The van der Waals surface area contributed by atoms with Gasteiger partial charge in [0.15, 0.2) is 0 Å². The van der Waals surface area contributed by atoms with E-state index >= 15 is 0 Å². The van der Waals surface area contributed by atoms with Gasteiger partial charge in [-0.15, -0.1) is 0 Å². The maximum absolute atomic E-state index is 13.9. The standard InChI is InChI=1S/C31H30F3NO5S/c32-31(33,34)41-23-8-5-18(6-9-23)17-40-26-24-4-2-1-3-21(24)7-10-25(26)27(36)35-30(28(37)38)15-20-11-19-12-22(30)16-29(39,13-19)14-20/h1-10,19-20,22,39H,11-17H2,(H,35,36)(H,37,38)/t19-,20?,22-,29-,30+/m1/s1. The summed E-state index contributed by atoms with van der Waals surface area (Å²) in [6, 6.07) is 16.5. The number of ether oxygens (including phenoxy) is 1. The number of rotatable bonds is 7. The van der Waals surface area contributed by atoms with Gasteiger partial charge in [0.2, 0.25) is 0 Å². The van der Waals surface area contributed by atoms with Crippen LogP contribution >= 0.6 is 11.8 Å². The summed E-state index contributed by atoms with van der Waals surface area (Å²) in [4.78, 5) is 26.9. The molecule has 41 heavy (non-hydrogen) atoms. The molecular formula is C31H30F3NO5S. The molecule has 0 radical (unpaired) electrons. The zero-order chi connectivity index (χ0) is 29.0. The van der Waals surface area contributed by atoms with Crippen LogP contribution in [0.25, 0.3) is 10.8 Å². The fourth-order valence-corrected chi connectivity index (χ4v) is 8.04. The number of thioether (sulfide) groups is 1. The van der Waals surface area contributed by atoms with Crippen LogP contribution in [0.1, 0.15) is 54.4 Å². The number of amides is 1. The van der Waals surface area contributed by atoms with Gasteiger partial charge < -0.3 is 20.3 Å². The van der Waals surface area contributed by atoms with E-state index in [1.54, 1.807) is 36.4 Å². The lowest BCUT2D eigenvalue weighted by molar-refractivity contribution is -0.149. The molecule has 6 nitrogen and oxygen atoms in total. The number of carboxylic acid groups (broad SMARTS) is 1. The number of aliphatic hydroxyl groups is 1. The lowest BCUT2D eigenvalue weighted by Crippen LogP contribution is -2.60. The molecule has 0 aromatic heterocycles. The lowest BCUT2D eigenvalue weighted by Gasteiger charge is -2.46. The second kappa shape index (κ2) is 10.2. The van der Waals surface area contributed by atoms with Crippen LogP contribution in [0, 0.1) is 17.8 Å². The number of hydrogen-bond acceptors (Lipinski definition) is 5. The third-order valence-corrected chi connectivity index (χ3v) is 9.68. The Kier molecular flexibility index (Phi) is 6.97. The molecule has 3 aromatic rings. The van der Waals surface area contributed by atoms with Crippen molar-refractivity contribution >= 4 is 34.4 Å². The Morgan fingerprint density at radius 2 is 1.68 bits per heavy atom. The van der Waals surface area contributed by atoms with E-state index in [1.165, 1.54) is 12.1 Å². The SMILES string of the molecule is O=C(N[C@@]1(C(=O)O)CC2C[C@@H]3C[C@@H]1C[C@](O)(C2)C3)c1ccc2ccccc2c1OCc1ccc(SC(F)(F)F)cc1. The van der Waals surface area contributed by atoms with Gasteiger partial charge in [-0.25, -0.2) is 4.79 Å². The number of benzene rings is 3. The molecule has 10 heteroatoms. The smallest absolute Gasteiger partial charge is 0.446 e. The van der Waals surface area contributed by atoms with E-state index in [9.17, 15) is 33.0 Å². The minimum Gasteiger partial charge on any atom is -0.487 e. The number of halogens is 3. The minimum absolute atomic E-state index is 0.00522. The van der Waals surface area contributed by atoms with E-state index in [4.69, 9.17) is 4.74 Å². The van der Waals surface area contributed by atoms with E-state index in [0.717, 1.165) is 11.8 Å². The summed E-state index contributed by atoms with van der Waals surface area (Å²) >= 11 is -0.196. The van der Waals surface area contributed by atoms with E-state index in [2.05, 4.69) is 5.32 Å². The highest BCUT2D eigenvalue weighted by Crippen LogP contribution is 2.56. The van der Waals surface area contributed by atoms with Crippen LogP contribution in [0.3, 0.4) is 0 Å². The quantitative estimate of drug-likeness (QED) is 0.273. The molecule has 1 unspecified atom stereocenters. The van der Waals surface area contributed by atoms with Crippen LogP contribution in [-0.2, 0) is 11.4 Å². The Morgan fingerprint density at radius 3 is 2.39 bits per heavy atom. The number of carbonyl (C=O) groups excluding carboxylic acids is 1. The van der Waals surface area contributed by atoms with Crippen molar-refractivity contribution in [3.8, 4) is 5.75 Å². The number of fused-ring (bicyclic) bond motifs is 2. The molecule has 3 N–H and O–H groups in total. The van der Waals surface area contributed by atoms with Gasteiger partial charge in [-0.05, 0) is 97.2 Å².